The van der Waals surface area contributed by atoms with Gasteiger partial charge >= 0.3 is 0 Å². The molecule has 4 heteroatoms. The summed E-state index contributed by atoms with van der Waals surface area (Å²) in [6.07, 6.45) is 6.82. The molecular weight excluding hydrogens is 240 g/mol. The van der Waals surface area contributed by atoms with Gasteiger partial charge in [0.25, 0.3) is 0 Å². The van der Waals surface area contributed by atoms with Gasteiger partial charge in [0.2, 0.25) is 0 Å². The highest BCUT2D eigenvalue weighted by atomic mass is 16.5. The zero-order valence-electron chi connectivity index (χ0n) is 11.2. The molecule has 0 saturated heterocycles. The number of imidazole rings is 1. The van der Waals surface area contributed by atoms with Crippen LogP contribution in [0.2, 0.25) is 0 Å². The van der Waals surface area contributed by atoms with Crippen LogP contribution in [0.15, 0.2) is 43.0 Å². The molecule has 0 spiro atoms. The number of rotatable bonds is 7. The van der Waals surface area contributed by atoms with E-state index >= 15 is 0 Å². The van der Waals surface area contributed by atoms with E-state index in [2.05, 4.69) is 4.98 Å². The van der Waals surface area contributed by atoms with E-state index in [1.165, 1.54) is 0 Å². The molecule has 1 aromatic heterocycles. The minimum absolute atomic E-state index is 0.379. The van der Waals surface area contributed by atoms with Gasteiger partial charge in [0, 0.05) is 18.9 Å². The summed E-state index contributed by atoms with van der Waals surface area (Å²) >= 11 is 0. The minimum atomic E-state index is -0.379. The maximum atomic E-state index is 9.69. The Bertz CT molecular complexity index is 465. The summed E-state index contributed by atoms with van der Waals surface area (Å²) in [6.45, 7) is 3.55. The quantitative estimate of drug-likeness (QED) is 0.779. The van der Waals surface area contributed by atoms with Crippen molar-refractivity contribution in [1.29, 1.82) is 0 Å². The Labute approximate surface area is 113 Å². The van der Waals surface area contributed by atoms with Crippen molar-refractivity contribution in [3.05, 3.63) is 48.5 Å². The van der Waals surface area contributed by atoms with E-state index in [9.17, 15) is 5.11 Å². The third kappa shape index (κ3) is 4.10. The van der Waals surface area contributed by atoms with Crippen LogP contribution in [0.1, 0.15) is 31.4 Å². The van der Waals surface area contributed by atoms with Crippen molar-refractivity contribution in [3.63, 3.8) is 0 Å². The topological polar surface area (TPSA) is 47.3 Å². The lowest BCUT2D eigenvalue weighted by atomic mass is 10.1. The number of aliphatic hydroxyl groups excluding tert-OH is 1. The Kier molecular flexibility index (Phi) is 4.98. The van der Waals surface area contributed by atoms with Crippen molar-refractivity contribution in [2.24, 2.45) is 0 Å². The fraction of sp³-hybridized carbons (Fsp3) is 0.400. The van der Waals surface area contributed by atoms with Gasteiger partial charge in [-0.25, -0.2) is 4.98 Å². The molecule has 1 unspecified atom stereocenters. The molecular formula is C15H20N2O2. The highest BCUT2D eigenvalue weighted by Gasteiger charge is 2.04. The normalized spacial score (nSPS) is 12.3. The maximum Gasteiger partial charge on any atom is 0.119 e. The first-order chi connectivity index (χ1) is 9.29. The number of aromatic nitrogens is 2. The second-order valence-electron chi connectivity index (χ2n) is 4.50. The molecule has 1 aromatic carbocycles. The summed E-state index contributed by atoms with van der Waals surface area (Å²) in [5, 5.41) is 9.69. The van der Waals surface area contributed by atoms with E-state index in [0.717, 1.165) is 30.7 Å². The molecule has 1 heterocycles. The summed E-state index contributed by atoms with van der Waals surface area (Å²) < 4.78 is 7.69. The predicted octanol–water partition coefficient (Wildman–Crippen LogP) is 2.80. The van der Waals surface area contributed by atoms with Gasteiger partial charge in [-0.2, -0.15) is 0 Å². The number of hydrogen-bond acceptors (Lipinski definition) is 3. The Morgan fingerprint density at radius 3 is 2.74 bits per heavy atom. The van der Waals surface area contributed by atoms with Crippen molar-refractivity contribution in [3.8, 4) is 5.75 Å². The van der Waals surface area contributed by atoms with Gasteiger partial charge in [0.1, 0.15) is 5.75 Å². The lowest BCUT2D eigenvalue weighted by Crippen LogP contribution is -2.03. The molecule has 1 N–H and O–H groups in total. The Hall–Kier alpha value is -1.81. The average molecular weight is 260 g/mol. The molecule has 0 saturated carbocycles. The fourth-order valence-electron chi connectivity index (χ4n) is 1.88. The fourth-order valence-corrected chi connectivity index (χ4v) is 1.88. The molecule has 0 aliphatic carbocycles. The van der Waals surface area contributed by atoms with Gasteiger partial charge in [0.15, 0.2) is 0 Å². The third-order valence-corrected chi connectivity index (χ3v) is 3.04. The predicted molar refractivity (Wildman–Crippen MR) is 74.0 cm³/mol. The van der Waals surface area contributed by atoms with Crippen LogP contribution in [-0.2, 0) is 6.54 Å². The number of ether oxygens (including phenoxy) is 1. The van der Waals surface area contributed by atoms with Crippen molar-refractivity contribution < 1.29 is 9.84 Å². The number of nitrogens with zero attached hydrogens (tertiary/aromatic N) is 2. The SMILES string of the molecule is CCC(O)c1ccc(OCCCn2ccnc2)cc1. The van der Waals surface area contributed by atoms with E-state index < -0.39 is 0 Å². The van der Waals surface area contributed by atoms with Gasteiger partial charge < -0.3 is 14.4 Å². The molecule has 2 aromatic rings. The monoisotopic (exact) mass is 260 g/mol. The molecule has 0 radical (unpaired) electrons. The molecule has 0 amide bonds. The van der Waals surface area contributed by atoms with Crippen molar-refractivity contribution in [2.45, 2.75) is 32.4 Å². The highest BCUT2D eigenvalue weighted by Crippen LogP contribution is 2.19. The first-order valence-corrected chi connectivity index (χ1v) is 6.66. The highest BCUT2D eigenvalue weighted by molar-refractivity contribution is 5.28. The Morgan fingerprint density at radius 1 is 1.32 bits per heavy atom. The molecule has 4 nitrogen and oxygen atoms in total. The number of benzene rings is 1. The zero-order chi connectivity index (χ0) is 13.5. The van der Waals surface area contributed by atoms with Gasteiger partial charge in [-0.15, -0.1) is 0 Å². The van der Waals surface area contributed by atoms with Crippen LogP contribution in [-0.4, -0.2) is 21.3 Å². The largest absolute Gasteiger partial charge is 0.494 e. The molecule has 102 valence electrons. The van der Waals surface area contributed by atoms with Crippen LogP contribution in [0, 0.1) is 0 Å². The summed E-state index contributed by atoms with van der Waals surface area (Å²) in [5.74, 6) is 0.845. The van der Waals surface area contributed by atoms with Crippen LogP contribution in [0.4, 0.5) is 0 Å². The Morgan fingerprint density at radius 2 is 2.11 bits per heavy atom. The molecule has 0 fully saturated rings. The van der Waals surface area contributed by atoms with E-state index in [1.54, 1.807) is 12.5 Å². The molecule has 0 bridgehead atoms. The van der Waals surface area contributed by atoms with Gasteiger partial charge in [-0.1, -0.05) is 19.1 Å². The van der Waals surface area contributed by atoms with Crippen molar-refractivity contribution in [2.75, 3.05) is 6.61 Å². The molecule has 2 rings (SSSR count). The average Bonchev–Trinajstić information content (AvgIpc) is 2.96. The number of aliphatic hydroxyl groups is 1. The molecule has 0 aliphatic rings. The van der Waals surface area contributed by atoms with Gasteiger partial charge in [-0.3, -0.25) is 0 Å². The molecule has 0 aliphatic heterocycles. The van der Waals surface area contributed by atoms with E-state index in [-0.39, 0.29) is 6.10 Å². The minimum Gasteiger partial charge on any atom is -0.494 e. The van der Waals surface area contributed by atoms with Crippen molar-refractivity contribution >= 4 is 0 Å². The Balaban J connectivity index is 1.74. The third-order valence-electron chi connectivity index (χ3n) is 3.04. The second-order valence-corrected chi connectivity index (χ2v) is 4.50. The van der Waals surface area contributed by atoms with Gasteiger partial charge in [-0.05, 0) is 30.5 Å². The summed E-state index contributed by atoms with van der Waals surface area (Å²) in [7, 11) is 0. The lowest BCUT2D eigenvalue weighted by Gasteiger charge is -2.10. The van der Waals surface area contributed by atoms with E-state index in [1.807, 2.05) is 42.0 Å². The van der Waals surface area contributed by atoms with Crippen LogP contribution in [0.5, 0.6) is 5.75 Å². The standard InChI is InChI=1S/C15H20N2O2/c1-2-15(18)13-4-6-14(7-5-13)19-11-3-9-17-10-8-16-12-17/h4-8,10,12,15,18H,2-3,9,11H2,1H3. The van der Waals surface area contributed by atoms with Crippen molar-refractivity contribution in [1.82, 2.24) is 9.55 Å². The first-order valence-electron chi connectivity index (χ1n) is 6.66. The second kappa shape index (κ2) is 6.95. The maximum absolute atomic E-state index is 9.69. The summed E-state index contributed by atoms with van der Waals surface area (Å²) in [5.41, 5.74) is 0.938. The van der Waals surface area contributed by atoms with Crippen LogP contribution in [0.3, 0.4) is 0 Å². The molecule has 1 atom stereocenters. The summed E-state index contributed by atoms with van der Waals surface area (Å²) in [4.78, 5) is 3.99. The summed E-state index contributed by atoms with van der Waals surface area (Å²) in [6, 6.07) is 7.65. The lowest BCUT2D eigenvalue weighted by molar-refractivity contribution is 0.173. The smallest absolute Gasteiger partial charge is 0.119 e. The first kappa shape index (κ1) is 13.6. The molecule has 19 heavy (non-hydrogen) atoms. The zero-order valence-corrected chi connectivity index (χ0v) is 11.2. The van der Waals surface area contributed by atoms with E-state index in [0.29, 0.717) is 6.61 Å². The van der Waals surface area contributed by atoms with E-state index in [4.69, 9.17) is 4.74 Å². The van der Waals surface area contributed by atoms with Crippen LogP contribution in [0.25, 0.3) is 0 Å². The van der Waals surface area contributed by atoms with Gasteiger partial charge in [0.05, 0.1) is 19.0 Å². The number of hydrogen-bond donors (Lipinski definition) is 1. The van der Waals surface area contributed by atoms with Crippen LogP contribution >= 0.6 is 0 Å². The van der Waals surface area contributed by atoms with Crippen LogP contribution < -0.4 is 4.74 Å². The number of aryl methyl sites for hydroxylation is 1.